The lowest BCUT2D eigenvalue weighted by molar-refractivity contribution is -0.140. The van der Waals surface area contributed by atoms with E-state index in [2.05, 4.69) is 32.9 Å². The van der Waals surface area contributed by atoms with Crippen LogP contribution in [0.25, 0.3) is 0 Å². The van der Waals surface area contributed by atoms with Gasteiger partial charge in [-0.3, -0.25) is 4.79 Å². The van der Waals surface area contributed by atoms with Crippen LogP contribution in [0.2, 0.25) is 0 Å². The van der Waals surface area contributed by atoms with E-state index in [0.29, 0.717) is 18.4 Å². The Balaban J connectivity index is 2.26. The number of ether oxygens (including phenoxy) is 1. The fourth-order valence-corrected chi connectivity index (χ4v) is 4.92. The van der Waals surface area contributed by atoms with Gasteiger partial charge in [0.25, 0.3) is 0 Å². The van der Waals surface area contributed by atoms with Crippen LogP contribution in [-0.2, 0) is 9.53 Å². The molecule has 1 fully saturated rings. The Morgan fingerprint density at radius 3 is 2.64 bits per heavy atom. The highest BCUT2D eigenvalue weighted by molar-refractivity contribution is 5.66. The summed E-state index contributed by atoms with van der Waals surface area (Å²) >= 11 is 0. The molecule has 3 atom stereocenters. The van der Waals surface area contributed by atoms with Crippen LogP contribution in [0.1, 0.15) is 79.6 Å². The standard InChI is InChI=1S/C22H36O3/c1-16-7-6-8-18(15-25-17(2)23)10-11-19-13-14-22(5,24)20(12-9-16)21(19,3)4/h7,10,19-20,24H,6,8-9,11-15H2,1-5H3/b16-7+,18-10-/t19-,20+,22+/m1/s1. The summed E-state index contributed by atoms with van der Waals surface area (Å²) in [5.41, 5.74) is 2.16. The van der Waals surface area contributed by atoms with Crippen LogP contribution in [0.3, 0.4) is 0 Å². The average Bonchev–Trinajstić information content (AvgIpc) is 2.49. The molecule has 2 rings (SSSR count). The highest BCUT2D eigenvalue weighted by Crippen LogP contribution is 2.53. The first-order chi connectivity index (χ1) is 11.6. The van der Waals surface area contributed by atoms with Gasteiger partial charge in [0.1, 0.15) is 6.61 Å². The van der Waals surface area contributed by atoms with E-state index in [4.69, 9.17) is 4.74 Å². The molecule has 0 aromatic heterocycles. The van der Waals surface area contributed by atoms with Crippen molar-refractivity contribution in [2.24, 2.45) is 17.3 Å². The molecule has 0 aromatic rings. The fourth-order valence-electron chi connectivity index (χ4n) is 4.92. The minimum absolute atomic E-state index is 0.101. The Labute approximate surface area is 153 Å². The lowest BCUT2D eigenvalue weighted by Gasteiger charge is -2.53. The van der Waals surface area contributed by atoms with Crippen molar-refractivity contribution in [3.05, 3.63) is 23.3 Å². The molecule has 0 aromatic carbocycles. The van der Waals surface area contributed by atoms with Crippen LogP contribution in [0, 0.1) is 17.3 Å². The molecule has 0 saturated heterocycles. The van der Waals surface area contributed by atoms with E-state index >= 15 is 0 Å². The van der Waals surface area contributed by atoms with E-state index in [9.17, 15) is 9.90 Å². The molecule has 0 spiro atoms. The lowest BCUT2D eigenvalue weighted by Crippen LogP contribution is -2.51. The Morgan fingerprint density at radius 2 is 1.96 bits per heavy atom. The van der Waals surface area contributed by atoms with Crippen molar-refractivity contribution in [1.29, 1.82) is 0 Å². The van der Waals surface area contributed by atoms with Crippen molar-refractivity contribution in [1.82, 2.24) is 0 Å². The second-order valence-electron chi connectivity index (χ2n) is 8.97. The maximum absolute atomic E-state index is 11.2. The predicted octanol–water partition coefficient (Wildman–Crippen LogP) is 5.19. The van der Waals surface area contributed by atoms with E-state index in [1.165, 1.54) is 18.1 Å². The molecule has 2 aliphatic carbocycles. The van der Waals surface area contributed by atoms with Crippen molar-refractivity contribution in [2.75, 3.05) is 6.61 Å². The van der Waals surface area contributed by atoms with Gasteiger partial charge in [0.05, 0.1) is 5.60 Å². The fraction of sp³-hybridized carbons (Fsp3) is 0.773. The van der Waals surface area contributed by atoms with Gasteiger partial charge < -0.3 is 9.84 Å². The smallest absolute Gasteiger partial charge is 0.302 e. The zero-order valence-corrected chi connectivity index (χ0v) is 16.7. The third-order valence-corrected chi connectivity index (χ3v) is 6.64. The zero-order valence-electron chi connectivity index (χ0n) is 16.7. The summed E-state index contributed by atoms with van der Waals surface area (Å²) in [6.45, 7) is 10.8. The van der Waals surface area contributed by atoms with E-state index in [1.54, 1.807) is 0 Å². The lowest BCUT2D eigenvalue weighted by atomic mass is 9.54. The van der Waals surface area contributed by atoms with Gasteiger partial charge in [0, 0.05) is 6.92 Å². The molecule has 3 nitrogen and oxygen atoms in total. The third-order valence-electron chi connectivity index (χ3n) is 6.64. The van der Waals surface area contributed by atoms with Crippen LogP contribution < -0.4 is 0 Å². The summed E-state index contributed by atoms with van der Waals surface area (Å²) in [5.74, 6) is 0.661. The first kappa shape index (κ1) is 20.2. The number of fused-ring (bicyclic) bond motifs is 2. The van der Waals surface area contributed by atoms with Gasteiger partial charge >= 0.3 is 5.97 Å². The number of allylic oxidation sites excluding steroid dienone is 3. The minimum atomic E-state index is -0.575. The Bertz CT molecular complexity index is 539. The Morgan fingerprint density at radius 1 is 1.24 bits per heavy atom. The van der Waals surface area contributed by atoms with Crippen molar-refractivity contribution in [3.8, 4) is 0 Å². The first-order valence-electron chi connectivity index (χ1n) is 9.82. The first-order valence-corrected chi connectivity index (χ1v) is 9.82. The minimum Gasteiger partial charge on any atom is -0.461 e. The maximum atomic E-state index is 11.2. The summed E-state index contributed by atoms with van der Waals surface area (Å²) in [6.07, 6.45) is 11.6. The van der Waals surface area contributed by atoms with Crippen molar-refractivity contribution >= 4 is 5.97 Å². The van der Waals surface area contributed by atoms with Crippen LogP contribution >= 0.6 is 0 Å². The third kappa shape index (κ3) is 5.20. The van der Waals surface area contributed by atoms with Gasteiger partial charge in [-0.15, -0.1) is 0 Å². The van der Waals surface area contributed by atoms with Crippen LogP contribution in [-0.4, -0.2) is 23.3 Å². The topological polar surface area (TPSA) is 46.5 Å². The molecule has 0 unspecified atom stereocenters. The highest BCUT2D eigenvalue weighted by Gasteiger charge is 2.49. The summed E-state index contributed by atoms with van der Waals surface area (Å²) in [6, 6.07) is 0. The summed E-state index contributed by atoms with van der Waals surface area (Å²) in [5, 5.41) is 11.0. The molecule has 0 heterocycles. The van der Waals surface area contributed by atoms with Crippen LogP contribution in [0.15, 0.2) is 23.3 Å². The van der Waals surface area contributed by atoms with Crippen LogP contribution in [0.5, 0.6) is 0 Å². The largest absolute Gasteiger partial charge is 0.461 e. The molecule has 0 amide bonds. The van der Waals surface area contributed by atoms with Crippen molar-refractivity contribution in [3.63, 3.8) is 0 Å². The summed E-state index contributed by atoms with van der Waals surface area (Å²) < 4.78 is 5.25. The summed E-state index contributed by atoms with van der Waals surface area (Å²) in [7, 11) is 0. The van der Waals surface area contributed by atoms with Gasteiger partial charge in [-0.2, -0.15) is 0 Å². The number of esters is 1. The van der Waals surface area contributed by atoms with Gasteiger partial charge in [-0.05, 0) is 81.6 Å². The summed E-state index contributed by atoms with van der Waals surface area (Å²) in [4.78, 5) is 11.2. The molecule has 3 heteroatoms. The molecule has 0 radical (unpaired) electrons. The van der Waals surface area contributed by atoms with Crippen molar-refractivity contribution in [2.45, 2.75) is 85.2 Å². The SMILES string of the molecule is CC(=O)OC/C1=C\C[C@@H]2CC[C@](C)(O)[C@@H](CC/C(C)=C/CC1)C2(C)C. The molecule has 142 valence electrons. The van der Waals surface area contributed by atoms with Gasteiger partial charge in [-0.25, -0.2) is 0 Å². The molecule has 1 N–H and O–H groups in total. The van der Waals surface area contributed by atoms with Gasteiger partial charge in [-0.1, -0.05) is 31.6 Å². The number of carbonyl (C=O) groups excluding carboxylic acids is 1. The predicted molar refractivity (Wildman–Crippen MR) is 102 cm³/mol. The second-order valence-corrected chi connectivity index (χ2v) is 8.97. The Hall–Kier alpha value is -1.09. The quantitative estimate of drug-likeness (QED) is 0.552. The molecule has 0 aliphatic heterocycles. The van der Waals surface area contributed by atoms with E-state index in [1.807, 2.05) is 6.92 Å². The number of aliphatic hydroxyl groups is 1. The van der Waals surface area contributed by atoms with Gasteiger partial charge in [0.15, 0.2) is 0 Å². The second kappa shape index (κ2) is 8.07. The van der Waals surface area contributed by atoms with Crippen molar-refractivity contribution < 1.29 is 14.6 Å². The maximum Gasteiger partial charge on any atom is 0.302 e. The van der Waals surface area contributed by atoms with Gasteiger partial charge in [0.2, 0.25) is 0 Å². The molecular weight excluding hydrogens is 312 g/mol. The Kier molecular flexibility index (Phi) is 6.53. The number of rotatable bonds is 2. The highest BCUT2D eigenvalue weighted by atomic mass is 16.5. The number of hydrogen-bond acceptors (Lipinski definition) is 3. The van der Waals surface area contributed by atoms with Crippen LogP contribution in [0.4, 0.5) is 0 Å². The molecule has 1 saturated carbocycles. The monoisotopic (exact) mass is 348 g/mol. The number of hydrogen-bond donors (Lipinski definition) is 1. The van der Waals surface area contributed by atoms with E-state index in [0.717, 1.165) is 44.9 Å². The average molecular weight is 349 g/mol. The molecule has 2 bridgehead atoms. The van der Waals surface area contributed by atoms with E-state index in [-0.39, 0.29) is 11.4 Å². The normalized spacial score (nSPS) is 37.5. The van der Waals surface area contributed by atoms with E-state index < -0.39 is 5.60 Å². The molecule has 2 aliphatic rings. The molecular formula is C22H36O3. The number of carbonyl (C=O) groups is 1. The molecule has 25 heavy (non-hydrogen) atoms. The zero-order chi connectivity index (χ0) is 18.7.